The SMILES string of the molecule is Cc1c(C(=O)O)cccc1C(=O)O.O=C(c1cccc2ccccc12)[P+](=O)c1ccc2ccccc2c1. The number of fused-ring (bicyclic) bond motifs is 2. The molecule has 0 fully saturated rings. The molecule has 7 heteroatoms. The van der Waals surface area contributed by atoms with Gasteiger partial charge in [-0.2, -0.15) is 0 Å². The van der Waals surface area contributed by atoms with Crippen molar-refractivity contribution in [2.75, 3.05) is 0 Å². The highest BCUT2D eigenvalue weighted by atomic mass is 31.1. The predicted molar refractivity (Wildman–Crippen MR) is 145 cm³/mol. The maximum absolute atomic E-state index is 12.8. The van der Waals surface area contributed by atoms with Gasteiger partial charge in [-0.05, 0) is 70.4 Å². The number of carbonyl (C=O) groups is 3. The lowest BCUT2D eigenvalue weighted by Crippen LogP contribution is -2.06. The molecule has 1 unspecified atom stereocenters. The van der Waals surface area contributed by atoms with Crippen molar-refractivity contribution in [2.24, 2.45) is 0 Å². The summed E-state index contributed by atoms with van der Waals surface area (Å²) in [6.45, 7) is 1.48. The van der Waals surface area contributed by atoms with E-state index in [1.54, 1.807) is 12.1 Å². The van der Waals surface area contributed by atoms with Gasteiger partial charge in [-0.25, -0.2) is 14.4 Å². The first kappa shape index (κ1) is 25.4. The van der Waals surface area contributed by atoms with E-state index < -0.39 is 19.7 Å². The number of hydrogen-bond acceptors (Lipinski definition) is 4. The Morgan fingerprint density at radius 3 is 1.76 bits per heavy atom. The summed E-state index contributed by atoms with van der Waals surface area (Å²) in [6.07, 6.45) is 0. The molecule has 5 aromatic carbocycles. The summed E-state index contributed by atoms with van der Waals surface area (Å²) < 4.78 is 12.8. The molecule has 0 aliphatic rings. The third-order valence-electron chi connectivity index (χ3n) is 5.97. The molecule has 0 saturated carbocycles. The van der Waals surface area contributed by atoms with Crippen molar-refractivity contribution in [2.45, 2.75) is 6.92 Å². The summed E-state index contributed by atoms with van der Waals surface area (Å²) in [5, 5.41) is 21.8. The van der Waals surface area contributed by atoms with Crippen molar-refractivity contribution in [3.63, 3.8) is 0 Å². The van der Waals surface area contributed by atoms with Gasteiger partial charge in [0.25, 0.3) is 0 Å². The van der Waals surface area contributed by atoms with Gasteiger partial charge < -0.3 is 10.2 Å². The fraction of sp³-hybridized carbons (Fsp3) is 0.0333. The zero-order chi connectivity index (χ0) is 26.5. The Kier molecular flexibility index (Phi) is 7.52. The Morgan fingerprint density at radius 2 is 1.11 bits per heavy atom. The van der Waals surface area contributed by atoms with Gasteiger partial charge in [0.1, 0.15) is 0 Å². The van der Waals surface area contributed by atoms with E-state index in [0.717, 1.165) is 21.5 Å². The number of aromatic carboxylic acids is 2. The van der Waals surface area contributed by atoms with Crippen LogP contribution in [-0.4, -0.2) is 27.7 Å². The molecule has 0 heterocycles. The van der Waals surface area contributed by atoms with Crippen LogP contribution in [-0.2, 0) is 4.57 Å². The Labute approximate surface area is 213 Å². The molecule has 0 spiro atoms. The maximum Gasteiger partial charge on any atom is 0.458 e. The average molecular weight is 509 g/mol. The Hall–Kier alpha value is -4.67. The van der Waals surface area contributed by atoms with Gasteiger partial charge in [-0.3, -0.25) is 0 Å². The summed E-state index contributed by atoms with van der Waals surface area (Å²) in [5.41, 5.74) is 0.529. The lowest BCUT2D eigenvalue weighted by Gasteiger charge is -2.03. The minimum Gasteiger partial charge on any atom is -0.478 e. The van der Waals surface area contributed by atoms with E-state index in [-0.39, 0.29) is 22.2 Å². The summed E-state index contributed by atoms with van der Waals surface area (Å²) >= 11 is 0. The molecule has 1 atom stereocenters. The van der Waals surface area contributed by atoms with Crippen LogP contribution in [0.25, 0.3) is 21.5 Å². The highest BCUT2D eigenvalue weighted by Gasteiger charge is 2.33. The van der Waals surface area contributed by atoms with Crippen molar-refractivity contribution in [3.8, 4) is 0 Å². The fourth-order valence-electron chi connectivity index (χ4n) is 4.04. The van der Waals surface area contributed by atoms with Crippen LogP contribution in [0, 0.1) is 6.92 Å². The normalized spacial score (nSPS) is 10.9. The van der Waals surface area contributed by atoms with E-state index in [9.17, 15) is 18.9 Å². The fourth-order valence-corrected chi connectivity index (χ4v) is 5.16. The molecule has 37 heavy (non-hydrogen) atoms. The molecule has 182 valence electrons. The predicted octanol–water partition coefficient (Wildman–Crippen LogP) is 6.68. The minimum absolute atomic E-state index is 0.0277. The van der Waals surface area contributed by atoms with E-state index >= 15 is 0 Å². The van der Waals surface area contributed by atoms with E-state index in [1.165, 1.54) is 25.1 Å². The van der Waals surface area contributed by atoms with E-state index in [4.69, 9.17) is 10.2 Å². The number of carboxylic acids is 2. The van der Waals surface area contributed by atoms with Gasteiger partial charge in [-0.1, -0.05) is 71.3 Å². The zero-order valence-corrected chi connectivity index (χ0v) is 20.7. The number of hydrogen-bond donors (Lipinski definition) is 2. The van der Waals surface area contributed by atoms with Crippen molar-refractivity contribution in [3.05, 3.63) is 125 Å². The highest BCUT2D eigenvalue weighted by molar-refractivity contribution is 7.71. The molecular formula is C30H22O6P+. The molecule has 0 aliphatic heterocycles. The average Bonchev–Trinajstić information content (AvgIpc) is 2.91. The lowest BCUT2D eigenvalue weighted by atomic mass is 10.0. The third kappa shape index (κ3) is 5.45. The van der Waals surface area contributed by atoms with Gasteiger partial charge in [0.15, 0.2) is 5.30 Å². The van der Waals surface area contributed by atoms with Gasteiger partial charge >= 0.3 is 25.3 Å². The second-order valence-corrected chi connectivity index (χ2v) is 9.76. The highest BCUT2D eigenvalue weighted by Crippen LogP contribution is 2.31. The lowest BCUT2D eigenvalue weighted by molar-refractivity contribution is 0.0696. The second kappa shape index (κ2) is 10.9. The van der Waals surface area contributed by atoms with E-state index in [1.807, 2.05) is 72.8 Å². The molecule has 0 amide bonds. The van der Waals surface area contributed by atoms with Crippen molar-refractivity contribution < 1.29 is 29.2 Å². The van der Waals surface area contributed by atoms with Crippen LogP contribution in [0.4, 0.5) is 0 Å². The third-order valence-corrected chi connectivity index (χ3v) is 7.32. The van der Waals surface area contributed by atoms with Gasteiger partial charge in [0.2, 0.25) is 0 Å². The smallest absolute Gasteiger partial charge is 0.458 e. The Bertz CT molecular complexity index is 1650. The van der Waals surface area contributed by atoms with E-state index in [2.05, 4.69) is 0 Å². The molecule has 0 aromatic heterocycles. The molecule has 0 radical (unpaired) electrons. The molecule has 2 N–H and O–H groups in total. The summed E-state index contributed by atoms with van der Waals surface area (Å²) in [5.74, 6) is -2.22. The van der Waals surface area contributed by atoms with Crippen molar-refractivity contribution >= 4 is 52.1 Å². The van der Waals surface area contributed by atoms with Crippen LogP contribution in [0.2, 0.25) is 0 Å². The van der Waals surface area contributed by atoms with Crippen LogP contribution >= 0.6 is 7.80 Å². The second-order valence-electron chi connectivity index (χ2n) is 8.25. The zero-order valence-electron chi connectivity index (χ0n) is 19.8. The molecule has 5 aromatic rings. The quantitative estimate of drug-likeness (QED) is 0.256. The van der Waals surface area contributed by atoms with Crippen LogP contribution in [0.3, 0.4) is 0 Å². The van der Waals surface area contributed by atoms with Crippen LogP contribution in [0.1, 0.15) is 36.6 Å². The molecule has 6 nitrogen and oxygen atoms in total. The number of rotatable bonds is 5. The van der Waals surface area contributed by atoms with Crippen molar-refractivity contribution in [1.29, 1.82) is 0 Å². The first-order chi connectivity index (χ1) is 17.8. The molecule has 0 bridgehead atoms. The number of carboxylic acid groups (broad SMARTS) is 2. The molecule has 0 aliphatic carbocycles. The standard InChI is InChI=1S/C21H14O2P.C9H8O4/c22-21(20-11-5-9-16-7-3-4-10-19(16)20)24(23)18-13-12-15-6-1-2-8-17(15)14-18;1-5-6(8(10)11)3-2-4-7(5)9(12)13/h1-14H;2-4H,1H3,(H,10,11)(H,12,13)/q+1;. The summed E-state index contributed by atoms with van der Waals surface area (Å²) in [6, 6.07) is 30.8. The van der Waals surface area contributed by atoms with Crippen LogP contribution < -0.4 is 5.30 Å². The largest absolute Gasteiger partial charge is 0.478 e. The maximum atomic E-state index is 12.8. The van der Waals surface area contributed by atoms with Crippen LogP contribution in [0.15, 0.2) is 103 Å². The molecule has 0 saturated heterocycles. The molecule has 5 rings (SSSR count). The van der Waals surface area contributed by atoms with E-state index in [0.29, 0.717) is 10.9 Å². The summed E-state index contributed by atoms with van der Waals surface area (Å²) in [4.78, 5) is 34.0. The Balaban J connectivity index is 0.000000209. The van der Waals surface area contributed by atoms with Crippen LogP contribution in [0.5, 0.6) is 0 Å². The van der Waals surface area contributed by atoms with Crippen molar-refractivity contribution in [1.82, 2.24) is 0 Å². The van der Waals surface area contributed by atoms with Gasteiger partial charge in [0.05, 0.1) is 16.7 Å². The topological polar surface area (TPSA) is 109 Å². The monoisotopic (exact) mass is 509 g/mol. The first-order valence-electron chi connectivity index (χ1n) is 11.3. The number of benzene rings is 5. The van der Waals surface area contributed by atoms with Gasteiger partial charge in [0, 0.05) is 0 Å². The van der Waals surface area contributed by atoms with Gasteiger partial charge in [-0.15, -0.1) is 0 Å². The minimum atomic E-state index is -2.15. The summed E-state index contributed by atoms with van der Waals surface area (Å²) in [7, 11) is -2.15. The molecular weight excluding hydrogens is 487 g/mol. The number of carbonyl (C=O) groups excluding carboxylic acids is 1. The first-order valence-corrected chi connectivity index (χ1v) is 12.6. The Morgan fingerprint density at radius 1 is 0.595 bits per heavy atom.